The summed E-state index contributed by atoms with van der Waals surface area (Å²) < 4.78 is 16.9. The average Bonchev–Trinajstić information content (AvgIpc) is 3.47. The van der Waals surface area contributed by atoms with Crippen molar-refractivity contribution in [2.75, 3.05) is 13.2 Å². The van der Waals surface area contributed by atoms with E-state index in [1.165, 1.54) is 161 Å². The van der Waals surface area contributed by atoms with E-state index in [-0.39, 0.29) is 31.1 Å². The second-order valence-corrected chi connectivity index (χ2v) is 22.7. The van der Waals surface area contributed by atoms with Crippen LogP contribution in [0.25, 0.3) is 0 Å². The van der Waals surface area contributed by atoms with Gasteiger partial charge in [0.1, 0.15) is 13.2 Å². The van der Waals surface area contributed by atoms with E-state index in [1.54, 1.807) is 0 Å². The summed E-state index contributed by atoms with van der Waals surface area (Å²) in [5, 5.41) is 0. The smallest absolute Gasteiger partial charge is 0.306 e. The zero-order valence-corrected chi connectivity index (χ0v) is 53.7. The number of hydrogen-bond donors (Lipinski definition) is 0. The Balaban J connectivity index is 4.30. The lowest BCUT2D eigenvalue weighted by Gasteiger charge is -2.18. The van der Waals surface area contributed by atoms with Crippen LogP contribution in [-0.2, 0) is 28.6 Å². The Kier molecular flexibility index (Phi) is 65.8. The number of hydrogen-bond acceptors (Lipinski definition) is 6. The summed E-state index contributed by atoms with van der Waals surface area (Å²) in [7, 11) is 0. The molecule has 0 amide bonds. The summed E-state index contributed by atoms with van der Waals surface area (Å²) in [4.78, 5) is 38.3. The van der Waals surface area contributed by atoms with Crippen LogP contribution < -0.4 is 0 Å². The van der Waals surface area contributed by atoms with Gasteiger partial charge >= 0.3 is 17.9 Å². The lowest BCUT2D eigenvalue weighted by Crippen LogP contribution is -2.30. The van der Waals surface area contributed by atoms with E-state index in [4.69, 9.17) is 14.2 Å². The lowest BCUT2D eigenvalue weighted by molar-refractivity contribution is -0.167. The molecule has 0 fully saturated rings. The number of unbranched alkanes of at least 4 members (excludes halogenated alkanes) is 31. The van der Waals surface area contributed by atoms with Crippen molar-refractivity contribution in [2.45, 2.75) is 329 Å². The van der Waals surface area contributed by atoms with E-state index in [1.807, 2.05) is 0 Å². The molecule has 0 aromatic rings. The standard InChI is InChI=1S/C76H128O6/c1-4-7-10-13-16-19-22-24-26-28-30-32-34-35-36-37-38-39-40-41-43-44-46-48-50-52-54-57-60-63-66-69-75(78)81-72-73(71-80-74(77)68-65-62-59-56-21-18-15-12-9-6-3)82-76(79)70-67-64-61-58-55-53-51-49-47-45-42-33-31-29-27-25-23-20-17-14-11-8-5-2/h7,10,16,19,24,26,29-32,35-36,38-39,41,43,46,48,52,54,73H,4-6,8-9,11-15,17-18,20-23,25,27-28,33-34,37,40,42,44-45,47,49-51,53,55-72H2,1-3H3/b10-7-,19-16-,26-24-,31-29-,32-30-,36-35-,39-38-,43-41-,48-46-,54-52-. The molecular formula is C76H128O6. The van der Waals surface area contributed by atoms with Crippen LogP contribution in [0.2, 0.25) is 0 Å². The van der Waals surface area contributed by atoms with Crippen molar-refractivity contribution in [1.29, 1.82) is 0 Å². The fourth-order valence-corrected chi connectivity index (χ4v) is 9.55. The molecule has 0 N–H and O–H groups in total. The third-order valence-electron chi connectivity index (χ3n) is 14.7. The van der Waals surface area contributed by atoms with Crippen molar-refractivity contribution in [2.24, 2.45) is 0 Å². The molecule has 1 atom stereocenters. The molecule has 0 aromatic heterocycles. The number of carbonyl (C=O) groups is 3. The molecular weight excluding hydrogens is 1010 g/mol. The van der Waals surface area contributed by atoms with Crippen molar-refractivity contribution in [1.82, 2.24) is 0 Å². The first-order chi connectivity index (χ1) is 40.5. The normalized spacial score (nSPS) is 12.9. The number of esters is 3. The van der Waals surface area contributed by atoms with Crippen molar-refractivity contribution < 1.29 is 28.6 Å². The Morgan fingerprint density at radius 3 is 0.768 bits per heavy atom. The third-order valence-corrected chi connectivity index (χ3v) is 14.7. The van der Waals surface area contributed by atoms with Gasteiger partial charge in [0, 0.05) is 19.3 Å². The van der Waals surface area contributed by atoms with Gasteiger partial charge in [0.05, 0.1) is 0 Å². The molecule has 0 rings (SSSR count). The first kappa shape index (κ1) is 77.8. The fourth-order valence-electron chi connectivity index (χ4n) is 9.55. The van der Waals surface area contributed by atoms with Gasteiger partial charge < -0.3 is 14.2 Å². The summed E-state index contributed by atoms with van der Waals surface area (Å²) in [6.45, 7) is 6.51. The van der Waals surface area contributed by atoms with Gasteiger partial charge in [0.15, 0.2) is 6.10 Å². The zero-order valence-electron chi connectivity index (χ0n) is 53.7. The lowest BCUT2D eigenvalue weighted by atomic mass is 10.0. The monoisotopic (exact) mass is 1140 g/mol. The summed E-state index contributed by atoms with van der Waals surface area (Å²) >= 11 is 0. The quantitative estimate of drug-likeness (QED) is 0.0261. The molecule has 0 saturated carbocycles. The zero-order chi connectivity index (χ0) is 59.2. The number of ether oxygens (including phenoxy) is 3. The highest BCUT2D eigenvalue weighted by Crippen LogP contribution is 2.16. The molecule has 0 aliphatic carbocycles. The molecule has 0 aliphatic heterocycles. The minimum absolute atomic E-state index is 0.0879. The van der Waals surface area contributed by atoms with Gasteiger partial charge in [-0.15, -0.1) is 0 Å². The van der Waals surface area contributed by atoms with Crippen molar-refractivity contribution in [3.8, 4) is 0 Å². The van der Waals surface area contributed by atoms with Crippen LogP contribution in [0, 0.1) is 0 Å². The molecule has 0 bridgehead atoms. The van der Waals surface area contributed by atoms with Gasteiger partial charge in [-0.1, -0.05) is 309 Å². The first-order valence-corrected chi connectivity index (χ1v) is 34.5. The molecule has 0 heterocycles. The van der Waals surface area contributed by atoms with Crippen LogP contribution in [0.1, 0.15) is 323 Å². The maximum absolute atomic E-state index is 12.9. The molecule has 6 heteroatoms. The van der Waals surface area contributed by atoms with Crippen molar-refractivity contribution in [3.63, 3.8) is 0 Å². The van der Waals surface area contributed by atoms with Gasteiger partial charge in [-0.05, 0) is 116 Å². The number of carbonyl (C=O) groups excluding carboxylic acids is 3. The molecule has 6 nitrogen and oxygen atoms in total. The summed E-state index contributed by atoms with van der Waals surface area (Å²) in [5.41, 5.74) is 0. The molecule has 1 unspecified atom stereocenters. The highest BCUT2D eigenvalue weighted by Gasteiger charge is 2.19. The van der Waals surface area contributed by atoms with E-state index in [2.05, 4.69) is 142 Å². The molecule has 82 heavy (non-hydrogen) atoms. The third kappa shape index (κ3) is 66.6. The van der Waals surface area contributed by atoms with Crippen LogP contribution in [0.4, 0.5) is 0 Å². The molecule has 0 aromatic carbocycles. The average molecular weight is 1140 g/mol. The maximum atomic E-state index is 12.9. The Bertz CT molecular complexity index is 1690. The highest BCUT2D eigenvalue weighted by molar-refractivity contribution is 5.71. The largest absolute Gasteiger partial charge is 0.462 e. The minimum atomic E-state index is -0.794. The van der Waals surface area contributed by atoms with Crippen LogP contribution in [0.5, 0.6) is 0 Å². The van der Waals surface area contributed by atoms with Gasteiger partial charge in [-0.3, -0.25) is 14.4 Å². The van der Waals surface area contributed by atoms with Crippen LogP contribution in [-0.4, -0.2) is 37.2 Å². The van der Waals surface area contributed by atoms with E-state index >= 15 is 0 Å². The number of allylic oxidation sites excluding steroid dienone is 20. The van der Waals surface area contributed by atoms with E-state index in [0.29, 0.717) is 19.3 Å². The van der Waals surface area contributed by atoms with Crippen molar-refractivity contribution >= 4 is 17.9 Å². The molecule has 0 saturated heterocycles. The second-order valence-electron chi connectivity index (χ2n) is 22.7. The topological polar surface area (TPSA) is 78.9 Å². The number of rotatable bonds is 62. The molecule has 0 radical (unpaired) electrons. The summed E-state index contributed by atoms with van der Waals surface area (Å²) in [5.74, 6) is -0.916. The highest BCUT2D eigenvalue weighted by atomic mass is 16.6. The van der Waals surface area contributed by atoms with E-state index in [9.17, 15) is 14.4 Å². The van der Waals surface area contributed by atoms with Gasteiger partial charge in [0.2, 0.25) is 0 Å². The summed E-state index contributed by atoms with van der Waals surface area (Å²) in [6.07, 6.45) is 96.5. The summed E-state index contributed by atoms with van der Waals surface area (Å²) in [6, 6.07) is 0. The Morgan fingerprint density at radius 2 is 0.476 bits per heavy atom. The molecule has 468 valence electrons. The van der Waals surface area contributed by atoms with Crippen LogP contribution >= 0.6 is 0 Å². The second kappa shape index (κ2) is 69.3. The molecule has 0 aliphatic rings. The fraction of sp³-hybridized carbons (Fsp3) is 0.697. The first-order valence-electron chi connectivity index (χ1n) is 34.5. The predicted octanol–water partition coefficient (Wildman–Crippen LogP) is 23.9. The van der Waals surface area contributed by atoms with Gasteiger partial charge in [-0.25, -0.2) is 0 Å². The maximum Gasteiger partial charge on any atom is 0.306 e. The Morgan fingerprint density at radius 1 is 0.256 bits per heavy atom. The predicted molar refractivity (Wildman–Crippen MR) is 357 cm³/mol. The Hall–Kier alpha value is -4.19. The van der Waals surface area contributed by atoms with E-state index < -0.39 is 6.10 Å². The van der Waals surface area contributed by atoms with Gasteiger partial charge in [0.25, 0.3) is 0 Å². The van der Waals surface area contributed by atoms with E-state index in [0.717, 1.165) is 122 Å². The SMILES string of the molecule is CC/C=C\C/C=C\C/C=C\C/C=C\C/C=C\C/C=C\C/C=C\C/C=C\C/C=C\CCCCCC(=O)OCC(COC(=O)CCCCCCCCCCCC)OC(=O)CCCCCCCCCCCCC/C=C\CCCCCCCCCC. The van der Waals surface area contributed by atoms with Crippen molar-refractivity contribution in [3.05, 3.63) is 122 Å². The van der Waals surface area contributed by atoms with Crippen LogP contribution in [0.3, 0.4) is 0 Å². The Labute approximate surface area is 507 Å². The van der Waals surface area contributed by atoms with Crippen LogP contribution in [0.15, 0.2) is 122 Å². The minimum Gasteiger partial charge on any atom is -0.462 e. The molecule has 0 spiro atoms. The van der Waals surface area contributed by atoms with Gasteiger partial charge in [-0.2, -0.15) is 0 Å².